The van der Waals surface area contributed by atoms with Crippen molar-refractivity contribution in [2.75, 3.05) is 7.11 Å². The van der Waals surface area contributed by atoms with E-state index in [1.165, 1.54) is 7.11 Å². The van der Waals surface area contributed by atoms with Gasteiger partial charge < -0.3 is 4.74 Å². The number of ether oxygens (including phenoxy) is 1. The Morgan fingerprint density at radius 2 is 2.31 bits per heavy atom. The van der Waals surface area contributed by atoms with E-state index in [4.69, 9.17) is 10.1 Å². The van der Waals surface area contributed by atoms with E-state index in [0.717, 1.165) is 11.3 Å². The Kier molecular flexibility index (Phi) is 2.68. The van der Waals surface area contributed by atoms with E-state index in [-0.39, 0.29) is 5.90 Å². The third-order valence-corrected chi connectivity index (χ3v) is 2.27. The third-order valence-electron chi connectivity index (χ3n) is 2.27. The Morgan fingerprint density at radius 3 is 2.94 bits per heavy atom. The number of aromatic nitrogens is 3. The van der Waals surface area contributed by atoms with Gasteiger partial charge in [-0.15, -0.1) is 0 Å². The van der Waals surface area contributed by atoms with Crippen molar-refractivity contribution in [2.24, 2.45) is 7.05 Å². The molecule has 0 aliphatic heterocycles. The molecule has 0 radical (unpaired) electrons. The maximum Gasteiger partial charge on any atom is 0.231 e. The fourth-order valence-electron chi connectivity index (χ4n) is 1.44. The Balaban J connectivity index is 2.42. The lowest BCUT2D eigenvalue weighted by Crippen LogP contribution is -2.07. The average molecular weight is 216 g/mol. The monoisotopic (exact) mass is 216 g/mol. The molecule has 82 valence electrons. The SMILES string of the molecule is COC(=N)c1cc(-c2cccnc2)nn1C. The van der Waals surface area contributed by atoms with Gasteiger partial charge in [-0.2, -0.15) is 5.10 Å². The standard InChI is InChI=1S/C11H12N4O/c1-15-10(11(12)16-2)6-9(14-15)8-4-3-5-13-7-8/h3-7,12H,1-2H3. The van der Waals surface area contributed by atoms with Crippen LogP contribution in [0.2, 0.25) is 0 Å². The van der Waals surface area contributed by atoms with Crippen LogP contribution in [0.5, 0.6) is 0 Å². The van der Waals surface area contributed by atoms with Crippen molar-refractivity contribution in [2.45, 2.75) is 0 Å². The second-order valence-corrected chi connectivity index (χ2v) is 3.31. The number of methoxy groups -OCH3 is 1. The molecule has 0 aromatic carbocycles. The molecular weight excluding hydrogens is 204 g/mol. The minimum absolute atomic E-state index is 0.102. The first-order valence-corrected chi connectivity index (χ1v) is 4.79. The van der Waals surface area contributed by atoms with Crippen LogP contribution in [0.1, 0.15) is 5.69 Å². The van der Waals surface area contributed by atoms with Crippen molar-refractivity contribution in [3.8, 4) is 11.3 Å². The first kappa shape index (κ1) is 10.4. The van der Waals surface area contributed by atoms with Gasteiger partial charge in [0.2, 0.25) is 5.90 Å². The molecule has 0 saturated carbocycles. The minimum atomic E-state index is 0.102. The highest BCUT2D eigenvalue weighted by molar-refractivity contribution is 5.90. The van der Waals surface area contributed by atoms with Gasteiger partial charge in [-0.1, -0.05) is 0 Å². The molecule has 2 aromatic heterocycles. The van der Waals surface area contributed by atoms with Crippen molar-refractivity contribution in [3.05, 3.63) is 36.3 Å². The topological polar surface area (TPSA) is 63.8 Å². The zero-order chi connectivity index (χ0) is 11.5. The summed E-state index contributed by atoms with van der Waals surface area (Å²) in [6.45, 7) is 0. The second kappa shape index (κ2) is 4.14. The summed E-state index contributed by atoms with van der Waals surface area (Å²) < 4.78 is 6.49. The fraction of sp³-hybridized carbons (Fsp3) is 0.182. The molecule has 0 aliphatic carbocycles. The summed E-state index contributed by atoms with van der Waals surface area (Å²) in [5.74, 6) is 0.102. The smallest absolute Gasteiger partial charge is 0.231 e. The van der Waals surface area contributed by atoms with Crippen molar-refractivity contribution in [1.29, 1.82) is 5.41 Å². The summed E-state index contributed by atoms with van der Waals surface area (Å²) in [5.41, 5.74) is 2.35. The molecular formula is C11H12N4O. The van der Waals surface area contributed by atoms with Gasteiger partial charge in [0.25, 0.3) is 0 Å². The molecule has 0 spiro atoms. The molecule has 5 nitrogen and oxygen atoms in total. The predicted molar refractivity (Wildman–Crippen MR) is 60.3 cm³/mol. The second-order valence-electron chi connectivity index (χ2n) is 3.31. The van der Waals surface area contributed by atoms with Crippen LogP contribution in [-0.2, 0) is 11.8 Å². The van der Waals surface area contributed by atoms with Crippen molar-refractivity contribution >= 4 is 5.90 Å². The molecule has 0 fully saturated rings. The van der Waals surface area contributed by atoms with Crippen LogP contribution in [-0.4, -0.2) is 27.8 Å². The molecule has 2 heterocycles. The summed E-state index contributed by atoms with van der Waals surface area (Å²) in [5, 5.41) is 11.9. The van der Waals surface area contributed by atoms with Gasteiger partial charge in [0, 0.05) is 25.0 Å². The lowest BCUT2D eigenvalue weighted by molar-refractivity contribution is 0.397. The van der Waals surface area contributed by atoms with Crippen LogP contribution < -0.4 is 0 Å². The van der Waals surface area contributed by atoms with Crippen molar-refractivity contribution in [1.82, 2.24) is 14.8 Å². The average Bonchev–Trinajstić information content (AvgIpc) is 2.71. The van der Waals surface area contributed by atoms with Crippen LogP contribution in [0.15, 0.2) is 30.6 Å². The Bertz CT molecular complexity index is 504. The van der Waals surface area contributed by atoms with E-state index in [1.54, 1.807) is 24.1 Å². The lowest BCUT2D eigenvalue weighted by atomic mass is 10.2. The first-order valence-electron chi connectivity index (χ1n) is 4.79. The Hall–Kier alpha value is -2.17. The molecule has 0 aliphatic rings. The number of aryl methyl sites for hydroxylation is 1. The molecule has 1 N–H and O–H groups in total. The highest BCUT2D eigenvalue weighted by atomic mass is 16.5. The van der Waals surface area contributed by atoms with E-state index in [9.17, 15) is 0 Å². The summed E-state index contributed by atoms with van der Waals surface area (Å²) in [6.07, 6.45) is 3.45. The van der Waals surface area contributed by atoms with Crippen LogP contribution >= 0.6 is 0 Å². The summed E-state index contributed by atoms with van der Waals surface area (Å²) in [6, 6.07) is 5.59. The van der Waals surface area contributed by atoms with Crippen molar-refractivity contribution in [3.63, 3.8) is 0 Å². The number of pyridine rings is 1. The predicted octanol–water partition coefficient (Wildman–Crippen LogP) is 1.45. The van der Waals surface area contributed by atoms with E-state index < -0.39 is 0 Å². The zero-order valence-corrected chi connectivity index (χ0v) is 9.14. The lowest BCUT2D eigenvalue weighted by Gasteiger charge is -2.00. The van der Waals surface area contributed by atoms with Crippen LogP contribution in [0, 0.1) is 5.41 Å². The quantitative estimate of drug-likeness (QED) is 0.610. The first-order chi connectivity index (χ1) is 7.72. The number of rotatable bonds is 2. The van der Waals surface area contributed by atoms with E-state index in [2.05, 4.69) is 10.1 Å². The Labute approximate surface area is 93.2 Å². The van der Waals surface area contributed by atoms with Gasteiger partial charge in [-0.25, -0.2) is 0 Å². The molecule has 0 bridgehead atoms. The summed E-state index contributed by atoms with van der Waals surface area (Å²) in [4.78, 5) is 4.03. The minimum Gasteiger partial charge on any atom is -0.480 e. The van der Waals surface area contributed by atoms with Crippen molar-refractivity contribution < 1.29 is 4.74 Å². The highest BCUT2D eigenvalue weighted by Crippen LogP contribution is 2.17. The Morgan fingerprint density at radius 1 is 1.50 bits per heavy atom. The van der Waals surface area contributed by atoms with Crippen LogP contribution in [0.25, 0.3) is 11.3 Å². The number of hydrogen-bond donors (Lipinski definition) is 1. The summed E-state index contributed by atoms with van der Waals surface area (Å²) >= 11 is 0. The van der Waals surface area contributed by atoms with Gasteiger partial charge in [0.1, 0.15) is 5.69 Å². The van der Waals surface area contributed by atoms with Gasteiger partial charge in [0.15, 0.2) is 0 Å². The van der Waals surface area contributed by atoms with E-state index in [1.807, 2.05) is 18.2 Å². The zero-order valence-electron chi connectivity index (χ0n) is 9.14. The van der Waals surface area contributed by atoms with Crippen LogP contribution in [0.4, 0.5) is 0 Å². The van der Waals surface area contributed by atoms with E-state index >= 15 is 0 Å². The molecule has 16 heavy (non-hydrogen) atoms. The number of nitrogens with zero attached hydrogens (tertiary/aromatic N) is 3. The van der Waals surface area contributed by atoms with Gasteiger partial charge in [-0.05, 0) is 18.2 Å². The molecule has 5 heteroatoms. The molecule has 0 unspecified atom stereocenters. The molecule has 0 saturated heterocycles. The fourth-order valence-corrected chi connectivity index (χ4v) is 1.44. The molecule has 0 atom stereocenters. The number of nitrogens with one attached hydrogen (secondary N) is 1. The van der Waals surface area contributed by atoms with Crippen LogP contribution in [0.3, 0.4) is 0 Å². The number of hydrogen-bond acceptors (Lipinski definition) is 4. The normalized spacial score (nSPS) is 10.1. The molecule has 2 aromatic rings. The van der Waals surface area contributed by atoms with Gasteiger partial charge >= 0.3 is 0 Å². The highest BCUT2D eigenvalue weighted by Gasteiger charge is 2.11. The summed E-state index contributed by atoms with van der Waals surface area (Å²) in [7, 11) is 3.25. The molecule has 0 amide bonds. The maximum absolute atomic E-state index is 7.60. The third kappa shape index (κ3) is 1.79. The molecule has 2 rings (SSSR count). The van der Waals surface area contributed by atoms with E-state index in [0.29, 0.717) is 5.69 Å². The largest absolute Gasteiger partial charge is 0.480 e. The maximum atomic E-state index is 7.60. The van der Waals surface area contributed by atoms with Gasteiger partial charge in [0.05, 0.1) is 12.8 Å². The van der Waals surface area contributed by atoms with Gasteiger partial charge in [-0.3, -0.25) is 15.1 Å².